The molecule has 2 aliphatic heterocycles. The quantitative estimate of drug-likeness (QED) is 0.515. The summed E-state index contributed by atoms with van der Waals surface area (Å²) in [7, 11) is 2.12. The molecule has 5 rings (SSSR count). The van der Waals surface area contributed by atoms with E-state index in [0.29, 0.717) is 24.4 Å². The lowest BCUT2D eigenvalue weighted by molar-refractivity contribution is 0.0916. The Hall–Kier alpha value is -3.72. The van der Waals surface area contributed by atoms with Gasteiger partial charge in [-0.1, -0.05) is 12.1 Å². The molecule has 0 atom stereocenters. The first-order valence-corrected chi connectivity index (χ1v) is 11.6. The molecule has 0 saturated carbocycles. The van der Waals surface area contributed by atoms with Crippen LogP contribution in [-0.4, -0.2) is 58.5 Å². The number of likely N-dealkylation sites (tertiary alicyclic amines) is 1. The lowest BCUT2D eigenvalue weighted by atomic mass is 10.0. The zero-order chi connectivity index (χ0) is 23.5. The van der Waals surface area contributed by atoms with Crippen molar-refractivity contribution in [3.8, 4) is 17.0 Å². The van der Waals surface area contributed by atoms with E-state index in [2.05, 4.69) is 37.5 Å². The molecule has 1 aromatic carbocycles. The van der Waals surface area contributed by atoms with Crippen LogP contribution in [0.4, 0.5) is 11.8 Å². The van der Waals surface area contributed by atoms with Gasteiger partial charge in [0.1, 0.15) is 11.6 Å². The van der Waals surface area contributed by atoms with Crippen LogP contribution < -0.4 is 21.1 Å². The molecule has 0 unspecified atom stereocenters. The van der Waals surface area contributed by atoms with E-state index in [1.165, 1.54) is 0 Å². The number of hydrogen-bond acceptors (Lipinski definition) is 8. The number of fused-ring (bicyclic) bond motifs is 1. The molecule has 2 aromatic heterocycles. The number of amides is 1. The van der Waals surface area contributed by atoms with Crippen molar-refractivity contribution < 1.29 is 9.53 Å². The predicted octanol–water partition coefficient (Wildman–Crippen LogP) is 2.49. The Labute approximate surface area is 198 Å². The molecular formula is C25H29N7O2. The highest BCUT2D eigenvalue weighted by molar-refractivity contribution is 5.94. The Balaban J connectivity index is 1.27. The van der Waals surface area contributed by atoms with Gasteiger partial charge in [-0.05, 0) is 56.7 Å². The third kappa shape index (κ3) is 4.79. The number of ether oxygens (including phenoxy) is 1. The Kier molecular flexibility index (Phi) is 6.27. The molecular weight excluding hydrogens is 430 g/mol. The summed E-state index contributed by atoms with van der Waals surface area (Å²) in [6.07, 6.45) is 6.11. The number of nitrogens with zero attached hydrogens (tertiary/aromatic N) is 4. The largest absolute Gasteiger partial charge is 0.492 e. The van der Waals surface area contributed by atoms with Gasteiger partial charge in [0.15, 0.2) is 0 Å². The molecule has 1 fully saturated rings. The summed E-state index contributed by atoms with van der Waals surface area (Å²) in [6.45, 7) is 3.17. The van der Waals surface area contributed by atoms with Gasteiger partial charge in [-0.2, -0.15) is 0 Å². The van der Waals surface area contributed by atoms with E-state index in [9.17, 15) is 4.79 Å². The fraction of sp³-hybridized carbons (Fsp3) is 0.360. The van der Waals surface area contributed by atoms with E-state index in [4.69, 9.17) is 10.5 Å². The number of piperidine rings is 1. The third-order valence-corrected chi connectivity index (χ3v) is 6.38. The van der Waals surface area contributed by atoms with Crippen LogP contribution in [0.2, 0.25) is 0 Å². The molecule has 2 aliphatic rings. The number of benzene rings is 1. The molecule has 0 spiro atoms. The first-order chi connectivity index (χ1) is 16.6. The Morgan fingerprint density at radius 2 is 2.09 bits per heavy atom. The van der Waals surface area contributed by atoms with Crippen molar-refractivity contribution in [2.24, 2.45) is 0 Å². The molecule has 4 N–H and O–H groups in total. The number of pyridine rings is 1. The zero-order valence-corrected chi connectivity index (χ0v) is 19.3. The van der Waals surface area contributed by atoms with Crippen molar-refractivity contribution >= 4 is 17.7 Å². The van der Waals surface area contributed by atoms with Crippen molar-refractivity contribution in [1.82, 2.24) is 25.2 Å². The van der Waals surface area contributed by atoms with Crippen molar-refractivity contribution in [3.05, 3.63) is 59.4 Å². The Morgan fingerprint density at radius 3 is 2.91 bits per heavy atom. The molecule has 0 radical (unpaired) electrons. The number of rotatable bonds is 6. The molecule has 3 aromatic rings. The SMILES string of the molecule is CN1CCC(NC(=O)c2cccc(CNc3ncc(-c4ccnc(N)n4)c4c3CCO4)c2)CC1. The second kappa shape index (κ2) is 9.64. The fourth-order valence-electron chi connectivity index (χ4n) is 4.48. The van der Waals surface area contributed by atoms with Gasteiger partial charge in [0.05, 0.1) is 17.9 Å². The minimum Gasteiger partial charge on any atom is -0.492 e. The maximum absolute atomic E-state index is 12.8. The summed E-state index contributed by atoms with van der Waals surface area (Å²) >= 11 is 0. The Bertz CT molecular complexity index is 1190. The highest BCUT2D eigenvalue weighted by Gasteiger charge is 2.23. The van der Waals surface area contributed by atoms with Gasteiger partial charge in [0, 0.05) is 42.5 Å². The van der Waals surface area contributed by atoms with Crippen LogP contribution in [0.25, 0.3) is 11.3 Å². The molecule has 0 aliphatic carbocycles. The summed E-state index contributed by atoms with van der Waals surface area (Å²) in [5.41, 5.74) is 9.95. The van der Waals surface area contributed by atoms with Gasteiger partial charge < -0.3 is 26.0 Å². The predicted molar refractivity (Wildman–Crippen MR) is 131 cm³/mol. The van der Waals surface area contributed by atoms with Crippen molar-refractivity contribution in [2.75, 3.05) is 37.8 Å². The molecule has 9 nitrogen and oxygen atoms in total. The van der Waals surface area contributed by atoms with Gasteiger partial charge in [-0.3, -0.25) is 4.79 Å². The van der Waals surface area contributed by atoms with Crippen molar-refractivity contribution in [2.45, 2.75) is 31.8 Å². The van der Waals surface area contributed by atoms with Crippen LogP contribution in [-0.2, 0) is 13.0 Å². The second-order valence-corrected chi connectivity index (χ2v) is 8.83. The number of hydrogen-bond donors (Lipinski definition) is 3. The number of nitrogens with two attached hydrogens (primary N) is 1. The molecule has 4 heterocycles. The molecule has 176 valence electrons. The van der Waals surface area contributed by atoms with Crippen molar-refractivity contribution in [1.29, 1.82) is 0 Å². The second-order valence-electron chi connectivity index (χ2n) is 8.83. The lowest BCUT2D eigenvalue weighted by Crippen LogP contribution is -2.43. The van der Waals surface area contributed by atoms with Gasteiger partial charge in [-0.15, -0.1) is 0 Å². The summed E-state index contributed by atoms with van der Waals surface area (Å²) in [6, 6.07) is 9.76. The van der Waals surface area contributed by atoms with Gasteiger partial charge in [0.2, 0.25) is 5.95 Å². The number of anilines is 2. The minimum atomic E-state index is -0.0164. The first-order valence-electron chi connectivity index (χ1n) is 11.6. The maximum Gasteiger partial charge on any atom is 0.251 e. The molecule has 9 heteroatoms. The molecule has 0 bridgehead atoms. The average molecular weight is 460 g/mol. The Morgan fingerprint density at radius 1 is 1.24 bits per heavy atom. The normalized spacial score (nSPS) is 16.0. The van der Waals surface area contributed by atoms with E-state index in [0.717, 1.165) is 60.6 Å². The molecule has 34 heavy (non-hydrogen) atoms. The first kappa shape index (κ1) is 22.1. The van der Waals surface area contributed by atoms with Gasteiger partial charge in [0.25, 0.3) is 5.91 Å². The van der Waals surface area contributed by atoms with Crippen molar-refractivity contribution in [3.63, 3.8) is 0 Å². The highest BCUT2D eigenvalue weighted by atomic mass is 16.5. The van der Waals surface area contributed by atoms with Crippen LogP contribution in [0, 0.1) is 0 Å². The van der Waals surface area contributed by atoms with Crippen LogP contribution in [0.5, 0.6) is 5.75 Å². The highest BCUT2D eigenvalue weighted by Crippen LogP contribution is 2.39. The maximum atomic E-state index is 12.8. The molecule has 1 saturated heterocycles. The minimum absolute atomic E-state index is 0.0164. The number of carbonyl (C=O) groups excluding carboxylic acids is 1. The van der Waals surface area contributed by atoms with Gasteiger partial charge in [-0.25, -0.2) is 15.0 Å². The topological polar surface area (TPSA) is 118 Å². The number of nitrogens with one attached hydrogen (secondary N) is 2. The average Bonchev–Trinajstić information content (AvgIpc) is 3.34. The summed E-state index contributed by atoms with van der Waals surface area (Å²) in [5, 5.41) is 6.60. The van der Waals surface area contributed by atoms with Crippen LogP contribution >= 0.6 is 0 Å². The van der Waals surface area contributed by atoms with Crippen LogP contribution in [0.3, 0.4) is 0 Å². The van der Waals surface area contributed by atoms with Gasteiger partial charge >= 0.3 is 0 Å². The standard InChI is InChI=1S/C25H29N7O2/c1-32-10-6-18(7-11-32)30-24(33)17-4-2-3-16(13-17)14-28-23-19-8-12-34-22(19)20(15-29-23)21-5-9-27-25(26)31-21/h2-5,9,13,15,18H,6-8,10-12,14H2,1H3,(H,28,29)(H,30,33)(H2,26,27,31). The van der Waals surface area contributed by atoms with Crippen LogP contribution in [0.15, 0.2) is 42.7 Å². The summed E-state index contributed by atoms with van der Waals surface area (Å²) in [5.74, 6) is 1.75. The summed E-state index contributed by atoms with van der Waals surface area (Å²) < 4.78 is 5.91. The number of aromatic nitrogens is 3. The van der Waals surface area contributed by atoms with E-state index in [1.807, 2.05) is 24.3 Å². The van der Waals surface area contributed by atoms with E-state index >= 15 is 0 Å². The monoisotopic (exact) mass is 459 g/mol. The fourth-order valence-corrected chi connectivity index (χ4v) is 4.48. The van der Waals surface area contributed by atoms with E-state index in [-0.39, 0.29) is 17.9 Å². The van der Waals surface area contributed by atoms with E-state index < -0.39 is 0 Å². The number of carbonyl (C=O) groups is 1. The lowest BCUT2D eigenvalue weighted by Gasteiger charge is -2.29. The zero-order valence-electron chi connectivity index (χ0n) is 19.3. The number of nitrogen functional groups attached to an aromatic ring is 1. The van der Waals surface area contributed by atoms with Crippen LogP contribution in [0.1, 0.15) is 34.3 Å². The smallest absolute Gasteiger partial charge is 0.251 e. The third-order valence-electron chi connectivity index (χ3n) is 6.38. The van der Waals surface area contributed by atoms with E-state index in [1.54, 1.807) is 18.5 Å². The molecule has 1 amide bonds. The summed E-state index contributed by atoms with van der Waals surface area (Å²) in [4.78, 5) is 28.0.